The molecule has 14 rings (SSSR count). The summed E-state index contributed by atoms with van der Waals surface area (Å²) in [6.07, 6.45) is 7.37. The van der Waals surface area contributed by atoms with E-state index < -0.39 is 5.54 Å². The van der Waals surface area contributed by atoms with Gasteiger partial charge in [0.1, 0.15) is 0 Å². The van der Waals surface area contributed by atoms with Gasteiger partial charge in [-0.25, -0.2) is 4.79 Å². The summed E-state index contributed by atoms with van der Waals surface area (Å²) in [5.41, 5.74) is 17.8. The molecule has 218 valence electrons. The van der Waals surface area contributed by atoms with Crippen LogP contribution in [0.3, 0.4) is 0 Å². The van der Waals surface area contributed by atoms with Crippen LogP contribution < -0.4 is 5.73 Å². The van der Waals surface area contributed by atoms with Gasteiger partial charge in [0.25, 0.3) is 0 Å². The highest BCUT2D eigenvalue weighted by Crippen LogP contribution is 2.74. The van der Waals surface area contributed by atoms with E-state index in [2.05, 4.69) is 36.4 Å². The topological polar surface area (TPSA) is 52.3 Å². The Morgan fingerprint density at radius 2 is 1.11 bits per heavy atom. The Balaban J connectivity index is 1.22. The van der Waals surface area contributed by atoms with Gasteiger partial charge in [0.15, 0.2) is 0 Å². The molecule has 0 aromatic heterocycles. The largest absolute Gasteiger partial charge is 0.463 e. The molecule has 0 spiro atoms. The predicted molar refractivity (Wildman–Crippen MR) is 187 cm³/mol. The van der Waals surface area contributed by atoms with Gasteiger partial charge in [0.05, 0.1) is 17.7 Å². The van der Waals surface area contributed by atoms with Gasteiger partial charge in [-0.3, -0.25) is 0 Å². The number of fused-ring (bicyclic) bond motifs is 3. The summed E-state index contributed by atoms with van der Waals surface area (Å²) in [5, 5.41) is 23.8. The number of hydrogen-bond acceptors (Lipinski definition) is 3. The number of carbonyl (C=O) groups excluding carboxylic acids is 1. The molecule has 9 aromatic carbocycles. The Bertz CT molecular complexity index is 2820. The summed E-state index contributed by atoms with van der Waals surface area (Å²) in [5.74, 6) is 0.0258. The highest BCUT2D eigenvalue weighted by atomic mass is 16.5. The maximum atomic E-state index is 14.0. The van der Waals surface area contributed by atoms with Crippen LogP contribution >= 0.6 is 0 Å². The minimum absolute atomic E-state index is 0.0984. The first-order valence-corrected chi connectivity index (χ1v) is 17.5. The van der Waals surface area contributed by atoms with Crippen LogP contribution in [-0.2, 0) is 22.4 Å². The van der Waals surface area contributed by atoms with Gasteiger partial charge >= 0.3 is 5.97 Å². The van der Waals surface area contributed by atoms with Crippen LogP contribution in [0.5, 0.6) is 0 Å². The molecule has 0 heterocycles. The number of allylic oxidation sites excluding steroid dienone is 1. The molecule has 5 aliphatic carbocycles. The van der Waals surface area contributed by atoms with Crippen molar-refractivity contribution in [2.45, 2.75) is 69.2 Å². The summed E-state index contributed by atoms with van der Waals surface area (Å²) in [6, 6.07) is 14.9. The molecule has 0 amide bonds. The average molecular weight is 592 g/mol. The number of hydrogen-bond donors (Lipinski definition) is 1. The van der Waals surface area contributed by atoms with E-state index in [1.54, 1.807) is 0 Å². The first-order chi connectivity index (χ1) is 22.6. The zero-order valence-corrected chi connectivity index (χ0v) is 25.7. The fraction of sp³-hybridized carbons (Fsp3) is 0.279. The van der Waals surface area contributed by atoms with Crippen LogP contribution in [-0.4, -0.2) is 18.1 Å². The standard InChI is InChI=1S/C43H29NO2/c1-2-46-42(45)39(16-6-4-3-5-7-16)43(44)40-23-14-21-12-19-10-17-8-9-18-11-20-13-22-15-24(41(40)43)32-31(23)35-29(21)27(19)33-25(17)26(18)34-28(20)30(22)36(32)38(35)37(33)34/h8-11,14-15,40-41H,2-7,12-13,44H2,1H3. The van der Waals surface area contributed by atoms with E-state index in [1.165, 1.54) is 132 Å². The molecule has 5 aliphatic rings. The Labute approximate surface area is 263 Å². The number of esters is 1. The molecular weight excluding hydrogens is 562 g/mol. The lowest BCUT2D eigenvalue weighted by Gasteiger charge is -2.24. The minimum Gasteiger partial charge on any atom is -0.463 e. The second-order valence-corrected chi connectivity index (χ2v) is 15.6. The molecular formula is C43H29NO2. The lowest BCUT2D eigenvalue weighted by Crippen LogP contribution is -2.35. The Hall–Kier alpha value is -4.47. The van der Waals surface area contributed by atoms with Crippen LogP contribution in [0.2, 0.25) is 0 Å². The number of benzene rings is 7. The fourth-order valence-electron chi connectivity index (χ4n) is 12.6. The molecule has 0 aliphatic heterocycles. The van der Waals surface area contributed by atoms with E-state index in [4.69, 9.17) is 10.5 Å². The van der Waals surface area contributed by atoms with Crippen LogP contribution in [0.4, 0.5) is 0 Å². The molecule has 2 fully saturated rings. The zero-order chi connectivity index (χ0) is 29.7. The van der Waals surface area contributed by atoms with Gasteiger partial charge in [-0.05, 0) is 165 Å². The van der Waals surface area contributed by atoms with Crippen LogP contribution in [0.1, 0.15) is 84.2 Å². The molecule has 0 radical (unpaired) electrons. The van der Waals surface area contributed by atoms with Crippen molar-refractivity contribution >= 4 is 92.1 Å². The average Bonchev–Trinajstić information content (AvgIpc) is 3.49. The van der Waals surface area contributed by atoms with E-state index in [-0.39, 0.29) is 17.8 Å². The number of carbonyl (C=O) groups is 1. The van der Waals surface area contributed by atoms with Crippen molar-refractivity contribution in [2.24, 2.45) is 5.73 Å². The van der Waals surface area contributed by atoms with Crippen molar-refractivity contribution < 1.29 is 9.53 Å². The monoisotopic (exact) mass is 591 g/mol. The second kappa shape index (κ2) is 6.66. The first kappa shape index (κ1) is 22.9. The lowest BCUT2D eigenvalue weighted by atomic mass is 9.85. The lowest BCUT2D eigenvalue weighted by molar-refractivity contribution is -0.139. The normalized spacial score (nSPS) is 24.3. The molecule has 2 N–H and O–H groups in total. The van der Waals surface area contributed by atoms with Crippen LogP contribution in [0.15, 0.2) is 47.5 Å². The number of nitrogens with two attached hydrogens (primary N) is 1. The van der Waals surface area contributed by atoms with Crippen molar-refractivity contribution in [3.8, 4) is 0 Å². The third kappa shape index (κ3) is 1.99. The fourth-order valence-corrected chi connectivity index (χ4v) is 12.6. The van der Waals surface area contributed by atoms with Crippen molar-refractivity contribution in [3.05, 3.63) is 80.9 Å². The SMILES string of the molecule is CCOC(=O)C(=C1CCCCC1)C1(N)C2c3cc4c5c6c(cc7ccc8cc9c%10c%11c(cc(c%12c3c5c(c%12%11)c3c6c7c8c%103)C21)C9)C4. The quantitative estimate of drug-likeness (QED) is 0.126. The van der Waals surface area contributed by atoms with Gasteiger partial charge in [-0.2, -0.15) is 0 Å². The van der Waals surface area contributed by atoms with Crippen LogP contribution in [0, 0.1) is 0 Å². The van der Waals surface area contributed by atoms with Gasteiger partial charge in [0, 0.05) is 11.8 Å². The molecule has 9 aromatic rings. The summed E-state index contributed by atoms with van der Waals surface area (Å²) < 4.78 is 5.85. The second-order valence-electron chi connectivity index (χ2n) is 15.6. The smallest absolute Gasteiger partial charge is 0.335 e. The van der Waals surface area contributed by atoms with E-state index in [0.29, 0.717) is 6.61 Å². The Kier molecular flexibility index (Phi) is 3.32. The van der Waals surface area contributed by atoms with E-state index in [0.717, 1.165) is 44.1 Å². The molecule has 0 saturated heterocycles. The molecule has 0 bridgehead atoms. The van der Waals surface area contributed by atoms with Crippen LogP contribution in [0.25, 0.3) is 86.2 Å². The van der Waals surface area contributed by atoms with Crippen molar-refractivity contribution in [3.63, 3.8) is 0 Å². The van der Waals surface area contributed by atoms with Gasteiger partial charge in [-0.1, -0.05) is 48.4 Å². The maximum Gasteiger partial charge on any atom is 0.335 e. The van der Waals surface area contributed by atoms with E-state index in [1.807, 2.05) is 6.92 Å². The highest BCUT2D eigenvalue weighted by molar-refractivity contribution is 6.58. The summed E-state index contributed by atoms with van der Waals surface area (Å²) in [4.78, 5) is 14.0. The number of rotatable bonds is 3. The predicted octanol–water partition coefficient (Wildman–Crippen LogP) is 9.63. The molecule has 3 heteroatoms. The van der Waals surface area contributed by atoms with Gasteiger partial charge in [0.2, 0.25) is 0 Å². The molecule has 2 saturated carbocycles. The Morgan fingerprint density at radius 1 is 0.652 bits per heavy atom. The minimum atomic E-state index is -0.733. The van der Waals surface area contributed by atoms with Crippen molar-refractivity contribution in [1.82, 2.24) is 0 Å². The first-order valence-electron chi connectivity index (χ1n) is 17.5. The van der Waals surface area contributed by atoms with E-state index >= 15 is 0 Å². The van der Waals surface area contributed by atoms with Gasteiger partial charge in [-0.15, -0.1) is 0 Å². The summed E-state index contributed by atoms with van der Waals surface area (Å²) in [7, 11) is 0. The molecule has 46 heavy (non-hydrogen) atoms. The third-order valence-corrected chi connectivity index (χ3v) is 13.9. The molecule has 2 atom stereocenters. The van der Waals surface area contributed by atoms with Crippen molar-refractivity contribution in [1.29, 1.82) is 0 Å². The zero-order valence-electron chi connectivity index (χ0n) is 25.7. The highest BCUT2D eigenvalue weighted by Gasteiger charge is 2.69. The third-order valence-electron chi connectivity index (χ3n) is 13.9. The Morgan fingerprint density at radius 3 is 1.61 bits per heavy atom. The molecule has 3 nitrogen and oxygen atoms in total. The number of ether oxygens (including phenoxy) is 1. The van der Waals surface area contributed by atoms with E-state index in [9.17, 15) is 4.79 Å². The van der Waals surface area contributed by atoms with Crippen molar-refractivity contribution in [2.75, 3.05) is 6.61 Å². The summed E-state index contributed by atoms with van der Waals surface area (Å²) >= 11 is 0. The molecule has 2 unspecified atom stereocenters. The summed E-state index contributed by atoms with van der Waals surface area (Å²) in [6.45, 7) is 2.30. The maximum absolute atomic E-state index is 14.0. The van der Waals surface area contributed by atoms with Gasteiger partial charge < -0.3 is 10.5 Å².